The highest BCUT2D eigenvalue weighted by Gasteiger charge is 2.10. The summed E-state index contributed by atoms with van der Waals surface area (Å²) in [5, 5.41) is 0. The fourth-order valence-electron chi connectivity index (χ4n) is 1.14. The van der Waals surface area contributed by atoms with Gasteiger partial charge in [-0.2, -0.15) is 0 Å². The standard InChI is InChI=1S/C8H18O/c1-5-8(6-2)7(3)9-4/h7-8H,5-6H2,1-4H3/t7-/m1/s1. The monoisotopic (exact) mass is 130 g/mol. The summed E-state index contributed by atoms with van der Waals surface area (Å²) >= 11 is 0. The predicted molar refractivity (Wildman–Crippen MR) is 40.5 cm³/mol. The van der Waals surface area contributed by atoms with Crippen molar-refractivity contribution < 1.29 is 4.74 Å². The van der Waals surface area contributed by atoms with Crippen LogP contribution in [0.3, 0.4) is 0 Å². The van der Waals surface area contributed by atoms with E-state index in [0.29, 0.717) is 6.10 Å². The molecule has 0 rings (SSSR count). The summed E-state index contributed by atoms with van der Waals surface area (Å²) in [4.78, 5) is 0. The lowest BCUT2D eigenvalue weighted by molar-refractivity contribution is 0.0635. The first-order valence-corrected chi connectivity index (χ1v) is 3.79. The number of rotatable bonds is 4. The molecular weight excluding hydrogens is 112 g/mol. The van der Waals surface area contributed by atoms with Crippen molar-refractivity contribution in [3.05, 3.63) is 0 Å². The molecule has 0 N–H and O–H groups in total. The zero-order valence-corrected chi connectivity index (χ0v) is 6.98. The van der Waals surface area contributed by atoms with E-state index in [1.165, 1.54) is 12.8 Å². The molecular formula is C8H18O. The second kappa shape index (κ2) is 4.80. The van der Waals surface area contributed by atoms with E-state index in [4.69, 9.17) is 4.74 Å². The molecule has 0 aromatic carbocycles. The maximum Gasteiger partial charge on any atom is 0.0571 e. The van der Waals surface area contributed by atoms with Gasteiger partial charge in [-0.1, -0.05) is 26.7 Å². The van der Waals surface area contributed by atoms with Gasteiger partial charge in [-0.15, -0.1) is 0 Å². The van der Waals surface area contributed by atoms with Crippen LogP contribution in [-0.4, -0.2) is 13.2 Å². The highest BCUT2D eigenvalue weighted by molar-refractivity contribution is 4.61. The SMILES string of the molecule is CCC(CC)[C@@H](C)OC. The Morgan fingerprint density at radius 1 is 1.22 bits per heavy atom. The van der Waals surface area contributed by atoms with Crippen LogP contribution < -0.4 is 0 Å². The van der Waals surface area contributed by atoms with Crippen LogP contribution in [0.2, 0.25) is 0 Å². The zero-order chi connectivity index (χ0) is 7.28. The molecule has 0 aliphatic rings. The third-order valence-electron chi connectivity index (χ3n) is 2.08. The average Bonchev–Trinajstić information content (AvgIpc) is 1.90. The van der Waals surface area contributed by atoms with Crippen molar-refractivity contribution in [2.45, 2.75) is 39.7 Å². The van der Waals surface area contributed by atoms with Gasteiger partial charge in [0.15, 0.2) is 0 Å². The molecule has 0 saturated carbocycles. The Hall–Kier alpha value is -0.0400. The highest BCUT2D eigenvalue weighted by atomic mass is 16.5. The molecule has 0 bridgehead atoms. The lowest BCUT2D eigenvalue weighted by atomic mass is 9.98. The Morgan fingerprint density at radius 3 is 1.78 bits per heavy atom. The third kappa shape index (κ3) is 2.85. The molecule has 1 heteroatoms. The molecule has 0 heterocycles. The summed E-state index contributed by atoms with van der Waals surface area (Å²) in [6.07, 6.45) is 2.89. The first kappa shape index (κ1) is 8.96. The fourth-order valence-corrected chi connectivity index (χ4v) is 1.14. The lowest BCUT2D eigenvalue weighted by Gasteiger charge is -2.18. The van der Waals surface area contributed by atoms with Crippen LogP contribution in [0, 0.1) is 5.92 Å². The summed E-state index contributed by atoms with van der Waals surface area (Å²) in [5.41, 5.74) is 0. The van der Waals surface area contributed by atoms with Gasteiger partial charge in [-0.3, -0.25) is 0 Å². The normalized spacial score (nSPS) is 14.3. The molecule has 0 aliphatic carbocycles. The number of hydrogen-bond donors (Lipinski definition) is 0. The van der Waals surface area contributed by atoms with Crippen LogP contribution >= 0.6 is 0 Å². The van der Waals surface area contributed by atoms with E-state index in [-0.39, 0.29) is 0 Å². The van der Waals surface area contributed by atoms with Gasteiger partial charge >= 0.3 is 0 Å². The molecule has 0 fully saturated rings. The summed E-state index contributed by atoms with van der Waals surface area (Å²) in [6.45, 7) is 6.56. The number of hydrogen-bond acceptors (Lipinski definition) is 1. The first-order chi connectivity index (χ1) is 4.26. The van der Waals surface area contributed by atoms with Gasteiger partial charge < -0.3 is 4.74 Å². The number of methoxy groups -OCH3 is 1. The van der Waals surface area contributed by atoms with E-state index in [1.54, 1.807) is 7.11 Å². The third-order valence-corrected chi connectivity index (χ3v) is 2.08. The van der Waals surface area contributed by atoms with Crippen molar-refractivity contribution in [3.63, 3.8) is 0 Å². The van der Waals surface area contributed by atoms with Crippen molar-refractivity contribution in [1.82, 2.24) is 0 Å². The smallest absolute Gasteiger partial charge is 0.0571 e. The maximum absolute atomic E-state index is 5.19. The summed E-state index contributed by atoms with van der Waals surface area (Å²) in [5.74, 6) is 0.745. The van der Waals surface area contributed by atoms with E-state index >= 15 is 0 Å². The Morgan fingerprint density at radius 2 is 1.67 bits per heavy atom. The predicted octanol–water partition coefficient (Wildman–Crippen LogP) is 2.46. The molecule has 0 unspecified atom stereocenters. The number of ether oxygens (including phenoxy) is 1. The largest absolute Gasteiger partial charge is 0.381 e. The van der Waals surface area contributed by atoms with E-state index in [0.717, 1.165) is 5.92 Å². The molecule has 1 atom stereocenters. The van der Waals surface area contributed by atoms with Gasteiger partial charge in [0.1, 0.15) is 0 Å². The molecule has 0 saturated heterocycles. The second-order valence-electron chi connectivity index (χ2n) is 2.52. The van der Waals surface area contributed by atoms with Crippen LogP contribution in [0.4, 0.5) is 0 Å². The van der Waals surface area contributed by atoms with E-state index in [1.807, 2.05) is 0 Å². The van der Waals surface area contributed by atoms with E-state index in [2.05, 4.69) is 20.8 Å². The minimum Gasteiger partial charge on any atom is -0.381 e. The van der Waals surface area contributed by atoms with Gasteiger partial charge in [0.2, 0.25) is 0 Å². The minimum absolute atomic E-state index is 0.431. The quantitative estimate of drug-likeness (QED) is 0.568. The molecule has 0 radical (unpaired) electrons. The average molecular weight is 130 g/mol. The Balaban J connectivity index is 3.50. The lowest BCUT2D eigenvalue weighted by Crippen LogP contribution is -2.17. The van der Waals surface area contributed by atoms with Crippen molar-refractivity contribution in [2.24, 2.45) is 5.92 Å². The zero-order valence-electron chi connectivity index (χ0n) is 6.98. The Bertz CT molecular complexity index is 57.6. The van der Waals surface area contributed by atoms with Crippen molar-refractivity contribution in [3.8, 4) is 0 Å². The highest BCUT2D eigenvalue weighted by Crippen LogP contribution is 2.14. The minimum atomic E-state index is 0.431. The van der Waals surface area contributed by atoms with Gasteiger partial charge in [-0.25, -0.2) is 0 Å². The first-order valence-electron chi connectivity index (χ1n) is 3.79. The van der Waals surface area contributed by atoms with Crippen molar-refractivity contribution in [1.29, 1.82) is 0 Å². The van der Waals surface area contributed by atoms with Gasteiger partial charge in [0, 0.05) is 7.11 Å². The molecule has 0 aromatic heterocycles. The van der Waals surface area contributed by atoms with E-state index in [9.17, 15) is 0 Å². The van der Waals surface area contributed by atoms with Crippen molar-refractivity contribution >= 4 is 0 Å². The van der Waals surface area contributed by atoms with Crippen LogP contribution in [0.1, 0.15) is 33.6 Å². The molecule has 9 heavy (non-hydrogen) atoms. The molecule has 0 spiro atoms. The van der Waals surface area contributed by atoms with Gasteiger partial charge in [0.05, 0.1) is 6.10 Å². The van der Waals surface area contributed by atoms with Crippen LogP contribution in [-0.2, 0) is 4.74 Å². The van der Waals surface area contributed by atoms with Gasteiger partial charge in [0.25, 0.3) is 0 Å². The van der Waals surface area contributed by atoms with E-state index < -0.39 is 0 Å². The van der Waals surface area contributed by atoms with Crippen LogP contribution in [0.15, 0.2) is 0 Å². The summed E-state index contributed by atoms with van der Waals surface area (Å²) in [6, 6.07) is 0. The molecule has 0 aromatic rings. The molecule has 0 amide bonds. The topological polar surface area (TPSA) is 9.23 Å². The van der Waals surface area contributed by atoms with Crippen LogP contribution in [0.25, 0.3) is 0 Å². The summed E-state index contributed by atoms with van der Waals surface area (Å²) in [7, 11) is 1.78. The van der Waals surface area contributed by atoms with Crippen LogP contribution in [0.5, 0.6) is 0 Å². The Labute approximate surface area is 58.4 Å². The maximum atomic E-state index is 5.19. The van der Waals surface area contributed by atoms with Crippen molar-refractivity contribution in [2.75, 3.05) is 7.11 Å². The Kier molecular flexibility index (Phi) is 4.78. The summed E-state index contributed by atoms with van der Waals surface area (Å²) < 4.78 is 5.19. The van der Waals surface area contributed by atoms with Gasteiger partial charge in [-0.05, 0) is 12.8 Å². The molecule has 56 valence electrons. The second-order valence-corrected chi connectivity index (χ2v) is 2.52. The molecule has 1 nitrogen and oxygen atoms in total. The molecule has 0 aliphatic heterocycles. The fraction of sp³-hybridized carbons (Fsp3) is 1.00.